The molecule has 0 atom stereocenters. The van der Waals surface area contributed by atoms with Crippen LogP contribution in [-0.2, 0) is 10.0 Å². The van der Waals surface area contributed by atoms with Crippen molar-refractivity contribution in [2.24, 2.45) is 0 Å². The minimum Gasteiger partial charge on any atom is -0.497 e. The van der Waals surface area contributed by atoms with Crippen LogP contribution >= 0.6 is 0 Å². The first-order valence-corrected chi connectivity index (χ1v) is 8.66. The minimum absolute atomic E-state index is 0.0668. The Morgan fingerprint density at radius 2 is 1.71 bits per heavy atom. The molecule has 0 spiro atoms. The lowest BCUT2D eigenvalue weighted by Crippen LogP contribution is -2.44. The summed E-state index contributed by atoms with van der Waals surface area (Å²) in [6.07, 6.45) is 1.70. The molecule has 1 aromatic carbocycles. The Kier molecular flexibility index (Phi) is 4.91. The fourth-order valence-electron chi connectivity index (χ4n) is 2.95. The highest BCUT2D eigenvalue weighted by atomic mass is 32.2. The molecule has 1 heterocycles. The van der Waals surface area contributed by atoms with Gasteiger partial charge in [0.15, 0.2) is 0 Å². The molecule has 6 heteroatoms. The van der Waals surface area contributed by atoms with Crippen molar-refractivity contribution < 1.29 is 13.2 Å². The number of hydrogen-bond acceptors (Lipinski definition) is 4. The lowest BCUT2D eigenvalue weighted by molar-refractivity contribution is 0.296. The molecular weight excluding hydrogens is 288 g/mol. The van der Waals surface area contributed by atoms with Gasteiger partial charge in [-0.05, 0) is 63.0 Å². The largest absolute Gasteiger partial charge is 0.497 e. The van der Waals surface area contributed by atoms with Crippen LogP contribution in [0, 0.1) is 13.8 Å². The molecule has 0 aliphatic carbocycles. The third kappa shape index (κ3) is 3.22. The Hall–Kier alpha value is -1.11. The molecule has 0 saturated carbocycles. The van der Waals surface area contributed by atoms with Crippen molar-refractivity contribution in [2.45, 2.75) is 37.6 Å². The monoisotopic (exact) mass is 312 g/mol. The van der Waals surface area contributed by atoms with Crippen LogP contribution in [0.1, 0.15) is 24.0 Å². The number of aryl methyl sites for hydroxylation is 2. The topological polar surface area (TPSA) is 58.6 Å². The number of nitrogens with one attached hydrogen (secondary N) is 1. The lowest BCUT2D eigenvalue weighted by atomic mass is 10.1. The number of hydrogen-bond donors (Lipinski definition) is 1. The Labute approximate surface area is 127 Å². The SMILES string of the molecule is COc1cc(C)c(S(=O)(=O)N(C)C2CCNCC2)c(C)c1. The first-order valence-electron chi connectivity index (χ1n) is 7.22. The average Bonchev–Trinajstić information content (AvgIpc) is 2.46. The third-order valence-corrected chi connectivity index (χ3v) is 6.35. The lowest BCUT2D eigenvalue weighted by Gasteiger charge is -2.31. The highest BCUT2D eigenvalue weighted by molar-refractivity contribution is 7.89. The van der Waals surface area contributed by atoms with Gasteiger partial charge in [-0.1, -0.05) is 0 Å². The summed E-state index contributed by atoms with van der Waals surface area (Å²) < 4.78 is 32.6. The number of nitrogens with zero attached hydrogens (tertiary/aromatic N) is 1. The van der Waals surface area contributed by atoms with Crippen molar-refractivity contribution in [1.29, 1.82) is 0 Å². The van der Waals surface area contributed by atoms with E-state index < -0.39 is 10.0 Å². The standard InChI is InChI=1S/C15H24N2O3S/c1-11-9-14(20-4)10-12(2)15(11)21(18,19)17(3)13-5-7-16-8-6-13/h9-10,13,16H,5-8H2,1-4H3. The van der Waals surface area contributed by atoms with Crippen molar-refractivity contribution >= 4 is 10.0 Å². The summed E-state index contributed by atoms with van der Waals surface area (Å²) in [7, 11) is -0.199. The molecule has 0 bridgehead atoms. The summed E-state index contributed by atoms with van der Waals surface area (Å²) in [5.41, 5.74) is 1.46. The van der Waals surface area contributed by atoms with E-state index in [4.69, 9.17) is 4.74 Å². The maximum atomic E-state index is 12.9. The van der Waals surface area contributed by atoms with Gasteiger partial charge in [0.05, 0.1) is 12.0 Å². The van der Waals surface area contributed by atoms with E-state index >= 15 is 0 Å². The van der Waals surface area contributed by atoms with E-state index in [-0.39, 0.29) is 6.04 Å². The molecule has 0 amide bonds. The zero-order valence-corrected chi connectivity index (χ0v) is 14.0. The molecule has 1 saturated heterocycles. The molecule has 2 rings (SSSR count). The predicted molar refractivity (Wildman–Crippen MR) is 83.3 cm³/mol. The maximum absolute atomic E-state index is 12.9. The molecule has 118 valence electrons. The van der Waals surface area contributed by atoms with Gasteiger partial charge in [0.1, 0.15) is 5.75 Å². The van der Waals surface area contributed by atoms with Gasteiger partial charge < -0.3 is 10.1 Å². The fraction of sp³-hybridized carbons (Fsp3) is 0.600. The van der Waals surface area contributed by atoms with E-state index in [1.54, 1.807) is 26.3 Å². The molecule has 0 radical (unpaired) electrons. The average molecular weight is 312 g/mol. The molecule has 1 aliphatic heterocycles. The summed E-state index contributed by atoms with van der Waals surface area (Å²) in [4.78, 5) is 0.407. The molecule has 1 fully saturated rings. The second-order valence-corrected chi connectivity index (χ2v) is 7.53. The first kappa shape index (κ1) is 16.3. The smallest absolute Gasteiger partial charge is 0.243 e. The molecule has 1 aromatic rings. The number of methoxy groups -OCH3 is 1. The van der Waals surface area contributed by atoms with E-state index in [1.807, 2.05) is 13.8 Å². The van der Waals surface area contributed by atoms with Crippen LogP contribution in [0.3, 0.4) is 0 Å². The number of ether oxygens (including phenoxy) is 1. The summed E-state index contributed by atoms with van der Waals surface area (Å²) in [6, 6.07) is 3.61. The van der Waals surface area contributed by atoms with Gasteiger partial charge in [-0.15, -0.1) is 0 Å². The van der Waals surface area contributed by atoms with Gasteiger partial charge >= 0.3 is 0 Å². The van der Waals surface area contributed by atoms with Crippen molar-refractivity contribution in [3.63, 3.8) is 0 Å². The number of piperidine rings is 1. The fourth-order valence-corrected chi connectivity index (χ4v) is 4.77. The minimum atomic E-state index is -3.47. The number of benzene rings is 1. The van der Waals surface area contributed by atoms with Crippen molar-refractivity contribution in [3.8, 4) is 5.75 Å². The van der Waals surface area contributed by atoms with Crippen molar-refractivity contribution in [1.82, 2.24) is 9.62 Å². The third-order valence-electron chi connectivity index (χ3n) is 4.13. The molecule has 21 heavy (non-hydrogen) atoms. The zero-order valence-electron chi connectivity index (χ0n) is 13.1. The summed E-state index contributed by atoms with van der Waals surface area (Å²) >= 11 is 0. The van der Waals surface area contributed by atoms with Gasteiger partial charge in [-0.25, -0.2) is 8.42 Å². The maximum Gasteiger partial charge on any atom is 0.243 e. The quantitative estimate of drug-likeness (QED) is 0.919. The van der Waals surface area contributed by atoms with Gasteiger partial charge in [0.25, 0.3) is 0 Å². The summed E-state index contributed by atoms with van der Waals surface area (Å²) in [5, 5.41) is 3.26. The molecule has 5 nitrogen and oxygen atoms in total. The van der Waals surface area contributed by atoms with Gasteiger partial charge in [-0.2, -0.15) is 4.31 Å². The summed E-state index contributed by atoms with van der Waals surface area (Å²) in [6.45, 7) is 5.37. The van der Waals surface area contributed by atoms with Gasteiger partial charge in [-0.3, -0.25) is 0 Å². The zero-order chi connectivity index (χ0) is 15.6. The predicted octanol–water partition coefficient (Wildman–Crippen LogP) is 1.68. The Morgan fingerprint density at radius 3 is 2.19 bits per heavy atom. The van der Waals surface area contributed by atoms with Gasteiger partial charge in [0.2, 0.25) is 10.0 Å². The molecule has 0 aromatic heterocycles. The normalized spacial score (nSPS) is 17.2. The van der Waals surface area contributed by atoms with Crippen LogP contribution in [0.5, 0.6) is 5.75 Å². The highest BCUT2D eigenvalue weighted by Crippen LogP contribution is 2.29. The Balaban J connectivity index is 2.39. The van der Waals surface area contributed by atoms with E-state index in [0.29, 0.717) is 10.6 Å². The number of rotatable bonds is 4. The van der Waals surface area contributed by atoms with Crippen LogP contribution in [0.15, 0.2) is 17.0 Å². The van der Waals surface area contributed by atoms with Gasteiger partial charge in [0, 0.05) is 13.1 Å². The van der Waals surface area contributed by atoms with E-state index in [2.05, 4.69) is 5.32 Å². The highest BCUT2D eigenvalue weighted by Gasteiger charge is 2.31. The first-order chi connectivity index (χ1) is 9.87. The summed E-state index contributed by atoms with van der Waals surface area (Å²) in [5.74, 6) is 0.688. The van der Waals surface area contributed by atoms with E-state index in [0.717, 1.165) is 37.1 Å². The molecule has 1 aliphatic rings. The van der Waals surface area contributed by atoms with E-state index in [9.17, 15) is 8.42 Å². The van der Waals surface area contributed by atoms with Crippen LogP contribution in [0.4, 0.5) is 0 Å². The molecular formula is C15H24N2O3S. The van der Waals surface area contributed by atoms with Crippen molar-refractivity contribution in [3.05, 3.63) is 23.3 Å². The molecule has 1 N–H and O–H groups in total. The second-order valence-electron chi connectivity index (χ2n) is 5.59. The second kappa shape index (κ2) is 6.34. The van der Waals surface area contributed by atoms with Crippen LogP contribution in [0.2, 0.25) is 0 Å². The number of sulfonamides is 1. The van der Waals surface area contributed by atoms with Crippen LogP contribution < -0.4 is 10.1 Å². The van der Waals surface area contributed by atoms with E-state index in [1.165, 1.54) is 4.31 Å². The van der Waals surface area contributed by atoms with Crippen LogP contribution in [0.25, 0.3) is 0 Å². The molecule has 0 unspecified atom stereocenters. The van der Waals surface area contributed by atoms with Crippen LogP contribution in [-0.4, -0.2) is 46.0 Å². The Bertz CT molecular complexity index is 584. The Morgan fingerprint density at radius 1 is 1.19 bits per heavy atom. The van der Waals surface area contributed by atoms with Crippen molar-refractivity contribution in [2.75, 3.05) is 27.2 Å².